The van der Waals surface area contributed by atoms with Gasteiger partial charge in [-0.3, -0.25) is 0 Å². The standard InChI is InChI=1S/C10H13ClN2O3S/c11-9-2-1-8(7-10(9)12)17(14,15)13-3-5-16-6-4-13/h1-2,7H,3-6,12H2. The second-order valence-electron chi connectivity index (χ2n) is 3.70. The molecule has 1 aliphatic rings. The molecule has 1 heterocycles. The van der Waals surface area contributed by atoms with E-state index < -0.39 is 10.0 Å². The second-order valence-corrected chi connectivity index (χ2v) is 6.04. The first-order chi connectivity index (χ1) is 8.01. The average Bonchev–Trinajstić information content (AvgIpc) is 2.33. The minimum Gasteiger partial charge on any atom is -0.397 e. The molecule has 5 nitrogen and oxygen atoms in total. The van der Waals surface area contributed by atoms with E-state index in [4.69, 9.17) is 22.1 Å². The quantitative estimate of drug-likeness (QED) is 0.816. The fourth-order valence-corrected chi connectivity index (χ4v) is 3.18. The third-order valence-electron chi connectivity index (χ3n) is 2.58. The largest absolute Gasteiger partial charge is 0.397 e. The molecule has 1 saturated heterocycles. The van der Waals surface area contributed by atoms with Crippen molar-refractivity contribution in [3.05, 3.63) is 23.2 Å². The summed E-state index contributed by atoms with van der Waals surface area (Å²) in [6.45, 7) is 1.57. The van der Waals surface area contributed by atoms with E-state index in [-0.39, 0.29) is 10.6 Å². The normalized spacial score (nSPS) is 18.2. The Labute approximate surface area is 105 Å². The number of rotatable bonds is 2. The number of nitrogens with zero attached hydrogens (tertiary/aromatic N) is 1. The number of benzene rings is 1. The number of halogens is 1. The minimum absolute atomic E-state index is 0.168. The molecule has 7 heteroatoms. The number of anilines is 1. The summed E-state index contributed by atoms with van der Waals surface area (Å²) in [6, 6.07) is 4.33. The number of sulfonamides is 1. The molecule has 0 atom stereocenters. The molecule has 0 spiro atoms. The van der Waals surface area contributed by atoms with Crippen molar-refractivity contribution in [1.82, 2.24) is 4.31 Å². The van der Waals surface area contributed by atoms with Crippen LogP contribution < -0.4 is 5.73 Å². The fourth-order valence-electron chi connectivity index (χ4n) is 1.62. The maximum Gasteiger partial charge on any atom is 0.243 e. The van der Waals surface area contributed by atoms with Gasteiger partial charge in [-0.05, 0) is 18.2 Å². The lowest BCUT2D eigenvalue weighted by Gasteiger charge is -2.26. The molecule has 1 fully saturated rings. The average molecular weight is 277 g/mol. The van der Waals surface area contributed by atoms with Crippen molar-refractivity contribution in [2.24, 2.45) is 0 Å². The Morgan fingerprint density at radius 2 is 1.94 bits per heavy atom. The molecule has 1 aromatic carbocycles. The van der Waals surface area contributed by atoms with E-state index >= 15 is 0 Å². The molecular weight excluding hydrogens is 264 g/mol. The van der Waals surface area contributed by atoms with Gasteiger partial charge < -0.3 is 10.5 Å². The highest BCUT2D eigenvalue weighted by Gasteiger charge is 2.26. The Balaban J connectivity index is 2.33. The molecule has 0 bridgehead atoms. The molecule has 0 unspecified atom stereocenters. The SMILES string of the molecule is Nc1cc(S(=O)(=O)N2CCOCC2)ccc1Cl. The van der Waals surface area contributed by atoms with Gasteiger partial charge in [-0.1, -0.05) is 11.6 Å². The monoisotopic (exact) mass is 276 g/mol. The summed E-state index contributed by atoms with van der Waals surface area (Å²) in [7, 11) is -3.49. The molecule has 2 rings (SSSR count). The topological polar surface area (TPSA) is 72.6 Å². The van der Waals surface area contributed by atoms with Crippen molar-refractivity contribution in [3.63, 3.8) is 0 Å². The van der Waals surface area contributed by atoms with Gasteiger partial charge in [0.1, 0.15) is 0 Å². The summed E-state index contributed by atoms with van der Waals surface area (Å²) < 4.78 is 31.0. The van der Waals surface area contributed by atoms with Gasteiger partial charge in [0.25, 0.3) is 0 Å². The van der Waals surface area contributed by atoms with Gasteiger partial charge >= 0.3 is 0 Å². The van der Waals surface area contributed by atoms with Gasteiger partial charge in [-0.25, -0.2) is 8.42 Å². The summed E-state index contributed by atoms with van der Waals surface area (Å²) in [4.78, 5) is 0.168. The Hall–Kier alpha value is -0.820. The first-order valence-electron chi connectivity index (χ1n) is 5.15. The smallest absolute Gasteiger partial charge is 0.243 e. The third kappa shape index (κ3) is 2.55. The van der Waals surface area contributed by atoms with E-state index in [1.54, 1.807) is 0 Å². The minimum atomic E-state index is -3.49. The zero-order valence-electron chi connectivity index (χ0n) is 9.10. The van der Waals surface area contributed by atoms with Crippen molar-refractivity contribution in [1.29, 1.82) is 0 Å². The van der Waals surface area contributed by atoms with Crippen LogP contribution in [0.5, 0.6) is 0 Å². The highest BCUT2D eigenvalue weighted by Crippen LogP contribution is 2.24. The van der Waals surface area contributed by atoms with Crippen molar-refractivity contribution < 1.29 is 13.2 Å². The highest BCUT2D eigenvalue weighted by atomic mass is 35.5. The summed E-state index contributed by atoms with van der Waals surface area (Å²) >= 11 is 5.76. The van der Waals surface area contributed by atoms with Crippen LogP contribution >= 0.6 is 11.6 Å². The third-order valence-corrected chi connectivity index (χ3v) is 4.81. The first kappa shape index (κ1) is 12.6. The zero-order valence-corrected chi connectivity index (χ0v) is 10.7. The number of nitrogens with two attached hydrogens (primary N) is 1. The van der Waals surface area contributed by atoms with Crippen LogP contribution in [0.25, 0.3) is 0 Å². The van der Waals surface area contributed by atoms with Crippen LogP contribution in [0, 0.1) is 0 Å². The zero-order chi connectivity index (χ0) is 12.5. The first-order valence-corrected chi connectivity index (χ1v) is 6.96. The lowest BCUT2D eigenvalue weighted by molar-refractivity contribution is 0.0730. The Kier molecular flexibility index (Phi) is 3.58. The molecular formula is C10H13ClN2O3S. The fraction of sp³-hybridized carbons (Fsp3) is 0.400. The van der Waals surface area contributed by atoms with Gasteiger partial charge in [-0.2, -0.15) is 4.31 Å². The maximum atomic E-state index is 12.2. The van der Waals surface area contributed by atoms with Crippen molar-refractivity contribution in [2.45, 2.75) is 4.90 Å². The summed E-state index contributed by atoms with van der Waals surface area (Å²) in [5.41, 5.74) is 5.87. The van der Waals surface area contributed by atoms with Gasteiger partial charge in [0, 0.05) is 13.1 Å². The predicted octanol–water partition coefficient (Wildman–Crippen LogP) is 0.943. The summed E-state index contributed by atoms with van der Waals surface area (Å²) in [5.74, 6) is 0. The maximum absolute atomic E-state index is 12.2. The molecule has 94 valence electrons. The predicted molar refractivity (Wildman–Crippen MR) is 65.4 cm³/mol. The van der Waals surface area contributed by atoms with Crippen LogP contribution in [-0.2, 0) is 14.8 Å². The number of morpholine rings is 1. The number of nitrogen functional groups attached to an aromatic ring is 1. The summed E-state index contributed by atoms with van der Waals surface area (Å²) in [5, 5.41) is 0.353. The number of hydrogen-bond acceptors (Lipinski definition) is 4. The second kappa shape index (κ2) is 4.81. The van der Waals surface area contributed by atoms with Gasteiger partial charge in [0.05, 0.1) is 28.8 Å². The van der Waals surface area contributed by atoms with Crippen LogP contribution in [0.3, 0.4) is 0 Å². The van der Waals surface area contributed by atoms with Gasteiger partial charge in [0.2, 0.25) is 10.0 Å². The van der Waals surface area contributed by atoms with Crippen LogP contribution in [0.2, 0.25) is 5.02 Å². The molecule has 0 aliphatic carbocycles. The van der Waals surface area contributed by atoms with Crippen LogP contribution in [0.15, 0.2) is 23.1 Å². The lowest BCUT2D eigenvalue weighted by Crippen LogP contribution is -2.40. The Morgan fingerprint density at radius 3 is 2.53 bits per heavy atom. The van der Waals surface area contributed by atoms with Gasteiger partial charge in [0.15, 0.2) is 0 Å². The van der Waals surface area contributed by atoms with E-state index in [9.17, 15) is 8.42 Å². The van der Waals surface area contributed by atoms with E-state index in [2.05, 4.69) is 0 Å². The molecule has 17 heavy (non-hydrogen) atoms. The molecule has 0 saturated carbocycles. The molecule has 1 aromatic rings. The van der Waals surface area contributed by atoms with Gasteiger partial charge in [-0.15, -0.1) is 0 Å². The lowest BCUT2D eigenvalue weighted by atomic mass is 10.3. The van der Waals surface area contributed by atoms with Crippen molar-refractivity contribution in [3.8, 4) is 0 Å². The Morgan fingerprint density at radius 1 is 1.29 bits per heavy atom. The number of hydrogen-bond donors (Lipinski definition) is 1. The molecule has 1 aliphatic heterocycles. The summed E-state index contributed by atoms with van der Waals surface area (Å²) in [6.07, 6.45) is 0. The molecule has 2 N–H and O–H groups in total. The molecule has 0 radical (unpaired) electrons. The molecule has 0 aromatic heterocycles. The van der Waals surface area contributed by atoms with Crippen LogP contribution in [-0.4, -0.2) is 39.0 Å². The van der Waals surface area contributed by atoms with Crippen molar-refractivity contribution >= 4 is 27.3 Å². The van der Waals surface area contributed by atoms with Crippen LogP contribution in [0.4, 0.5) is 5.69 Å². The highest BCUT2D eigenvalue weighted by molar-refractivity contribution is 7.89. The van der Waals surface area contributed by atoms with E-state index in [1.165, 1.54) is 22.5 Å². The van der Waals surface area contributed by atoms with E-state index in [0.717, 1.165) is 0 Å². The Bertz CT molecular complexity index is 512. The number of ether oxygens (including phenoxy) is 1. The molecule has 0 amide bonds. The van der Waals surface area contributed by atoms with Crippen molar-refractivity contribution in [2.75, 3.05) is 32.0 Å². The van der Waals surface area contributed by atoms with E-state index in [1.807, 2.05) is 0 Å². The van der Waals surface area contributed by atoms with Crippen LogP contribution in [0.1, 0.15) is 0 Å². The van der Waals surface area contributed by atoms with E-state index in [0.29, 0.717) is 31.3 Å².